The van der Waals surface area contributed by atoms with Crippen molar-refractivity contribution in [3.63, 3.8) is 0 Å². The van der Waals surface area contributed by atoms with Crippen LogP contribution in [0.4, 0.5) is 18.2 Å². The van der Waals surface area contributed by atoms with Crippen LogP contribution >= 0.6 is 38.6 Å². The van der Waals surface area contributed by atoms with Gasteiger partial charge < -0.3 is 5.32 Å². The summed E-state index contributed by atoms with van der Waals surface area (Å²) in [6.45, 7) is 2.14. The fourth-order valence-electron chi connectivity index (χ4n) is 4.01. The SMILES string of the molecule is CC1CCc2c(sc(NC(=O)c3nn4c(C(F)(F)F)cc(-c5cccs5)nc4c3Br)c2C#N)C1. The summed E-state index contributed by atoms with van der Waals surface area (Å²) in [5, 5.41) is 18.4. The first-order valence-corrected chi connectivity index (χ1v) is 12.7. The van der Waals surface area contributed by atoms with E-state index in [0.29, 0.717) is 25.9 Å². The van der Waals surface area contributed by atoms with Gasteiger partial charge in [-0.1, -0.05) is 13.0 Å². The van der Waals surface area contributed by atoms with Crippen LogP contribution in [-0.4, -0.2) is 20.5 Å². The molecule has 4 aromatic rings. The zero-order chi connectivity index (χ0) is 24.2. The number of thiophene rings is 2. The number of nitriles is 1. The molecule has 0 spiro atoms. The van der Waals surface area contributed by atoms with Gasteiger partial charge in [0.25, 0.3) is 5.91 Å². The lowest BCUT2D eigenvalue weighted by atomic mass is 9.89. The number of carbonyl (C=O) groups is 1. The molecule has 1 atom stereocenters. The number of hydrogen-bond donors (Lipinski definition) is 1. The molecule has 4 aromatic heterocycles. The van der Waals surface area contributed by atoms with Crippen LogP contribution in [-0.2, 0) is 19.0 Å². The first-order chi connectivity index (χ1) is 16.2. The predicted octanol–water partition coefficient (Wildman–Crippen LogP) is 6.55. The lowest BCUT2D eigenvalue weighted by molar-refractivity contribution is -0.142. The van der Waals surface area contributed by atoms with Gasteiger partial charge in [0.1, 0.15) is 11.1 Å². The number of amides is 1. The van der Waals surface area contributed by atoms with Crippen molar-refractivity contribution in [3.05, 3.63) is 55.4 Å². The van der Waals surface area contributed by atoms with Gasteiger partial charge in [-0.05, 0) is 64.2 Å². The summed E-state index contributed by atoms with van der Waals surface area (Å²) < 4.78 is 42.2. The standard InChI is InChI=1S/C22H15BrF3N5OS2/c1-10-4-5-11-12(9-27)21(34-15(11)7-10)29-20(32)18-17(23)19-28-13(14-3-2-6-33-14)8-16(22(24,25)26)31(19)30-18/h2-3,6,8,10H,4-5,7H2,1H3,(H,29,32). The van der Waals surface area contributed by atoms with Gasteiger partial charge in [0.2, 0.25) is 0 Å². The first kappa shape index (κ1) is 23.0. The molecule has 0 fully saturated rings. The number of carbonyl (C=O) groups excluding carboxylic acids is 1. The number of halogens is 4. The Balaban J connectivity index is 1.58. The number of rotatable bonds is 3. The molecule has 0 aromatic carbocycles. The minimum Gasteiger partial charge on any atom is -0.311 e. The lowest BCUT2D eigenvalue weighted by Crippen LogP contribution is -2.16. The Bertz CT molecular complexity index is 1470. The van der Waals surface area contributed by atoms with Crippen LogP contribution in [0.5, 0.6) is 0 Å². The smallest absolute Gasteiger partial charge is 0.311 e. The highest BCUT2D eigenvalue weighted by Gasteiger charge is 2.37. The van der Waals surface area contributed by atoms with Gasteiger partial charge in [-0.2, -0.15) is 23.5 Å². The molecule has 34 heavy (non-hydrogen) atoms. The van der Waals surface area contributed by atoms with E-state index < -0.39 is 17.8 Å². The largest absolute Gasteiger partial charge is 0.433 e. The molecule has 12 heteroatoms. The van der Waals surface area contributed by atoms with Gasteiger partial charge in [0.05, 0.1) is 20.6 Å². The zero-order valence-corrected chi connectivity index (χ0v) is 20.8. The summed E-state index contributed by atoms with van der Waals surface area (Å²) in [6, 6.07) is 6.48. The Morgan fingerprint density at radius 3 is 2.88 bits per heavy atom. The third-order valence-corrected chi connectivity index (χ3v) is 8.45. The summed E-state index contributed by atoms with van der Waals surface area (Å²) in [4.78, 5) is 19.0. The van der Waals surface area contributed by atoms with Crippen LogP contribution in [0.2, 0.25) is 0 Å². The molecule has 1 amide bonds. The van der Waals surface area contributed by atoms with Crippen LogP contribution in [0.1, 0.15) is 45.5 Å². The van der Waals surface area contributed by atoms with Crippen LogP contribution in [0.25, 0.3) is 16.2 Å². The second kappa shape index (κ2) is 8.48. The molecule has 1 N–H and O–H groups in total. The van der Waals surface area contributed by atoms with Gasteiger partial charge in [0, 0.05) is 4.88 Å². The van der Waals surface area contributed by atoms with Crippen molar-refractivity contribution >= 4 is 55.2 Å². The normalized spacial score (nSPS) is 15.8. The highest BCUT2D eigenvalue weighted by Crippen LogP contribution is 2.40. The fourth-order valence-corrected chi connectivity index (χ4v) is 6.57. The quantitative estimate of drug-likeness (QED) is 0.305. The van der Waals surface area contributed by atoms with Crippen molar-refractivity contribution in [2.75, 3.05) is 5.32 Å². The minimum atomic E-state index is -4.72. The van der Waals surface area contributed by atoms with Gasteiger partial charge in [-0.3, -0.25) is 4.79 Å². The van der Waals surface area contributed by atoms with E-state index in [1.54, 1.807) is 17.5 Å². The molecular weight excluding hydrogens is 551 g/mol. The molecule has 1 unspecified atom stereocenters. The number of nitrogens with zero attached hydrogens (tertiary/aromatic N) is 4. The van der Waals surface area contributed by atoms with Gasteiger partial charge in [0.15, 0.2) is 17.0 Å². The van der Waals surface area contributed by atoms with E-state index in [-0.39, 0.29) is 21.5 Å². The average molecular weight is 566 g/mol. The molecule has 0 bridgehead atoms. The maximum Gasteiger partial charge on any atom is 0.433 e. The Morgan fingerprint density at radius 2 is 2.21 bits per heavy atom. The second-order valence-corrected chi connectivity index (χ2v) is 10.9. The van der Waals surface area contributed by atoms with Crippen molar-refractivity contribution in [2.24, 2.45) is 5.92 Å². The predicted molar refractivity (Wildman–Crippen MR) is 127 cm³/mol. The third kappa shape index (κ3) is 3.91. The van der Waals surface area contributed by atoms with E-state index in [1.165, 1.54) is 22.7 Å². The molecule has 0 saturated heterocycles. The summed E-state index contributed by atoms with van der Waals surface area (Å²) in [5.41, 5.74) is 0.0760. The molecule has 5 rings (SSSR count). The molecule has 0 radical (unpaired) electrons. The van der Waals surface area contributed by atoms with Gasteiger partial charge >= 0.3 is 6.18 Å². The molecular formula is C22H15BrF3N5OS2. The van der Waals surface area contributed by atoms with Crippen molar-refractivity contribution in [2.45, 2.75) is 32.4 Å². The molecule has 1 aliphatic carbocycles. The van der Waals surface area contributed by atoms with Crippen LogP contribution in [0.15, 0.2) is 28.1 Å². The molecule has 1 aliphatic rings. The van der Waals surface area contributed by atoms with E-state index in [4.69, 9.17) is 0 Å². The van der Waals surface area contributed by atoms with E-state index in [2.05, 4.69) is 44.3 Å². The third-order valence-electron chi connectivity index (χ3n) is 5.66. The Labute approximate surface area is 208 Å². The number of aromatic nitrogens is 3. The van der Waals surface area contributed by atoms with Crippen LogP contribution in [0, 0.1) is 17.2 Å². The number of fused-ring (bicyclic) bond motifs is 2. The topological polar surface area (TPSA) is 83.1 Å². The number of nitrogens with one attached hydrogen (secondary N) is 1. The van der Waals surface area contributed by atoms with E-state index in [0.717, 1.165) is 35.8 Å². The van der Waals surface area contributed by atoms with Crippen molar-refractivity contribution in [1.82, 2.24) is 14.6 Å². The van der Waals surface area contributed by atoms with E-state index in [1.807, 2.05) is 0 Å². The summed E-state index contributed by atoms with van der Waals surface area (Å²) in [5.74, 6) is -0.232. The number of alkyl halides is 3. The van der Waals surface area contributed by atoms with E-state index in [9.17, 15) is 23.2 Å². The van der Waals surface area contributed by atoms with Gasteiger partial charge in [-0.25, -0.2) is 9.50 Å². The molecule has 6 nitrogen and oxygen atoms in total. The fraction of sp³-hybridized carbons (Fsp3) is 0.273. The van der Waals surface area contributed by atoms with Crippen molar-refractivity contribution in [3.8, 4) is 16.6 Å². The maximum absolute atomic E-state index is 13.9. The second-order valence-electron chi connectivity index (χ2n) is 8.02. The number of hydrogen-bond acceptors (Lipinski definition) is 6. The molecule has 4 heterocycles. The first-order valence-electron chi connectivity index (χ1n) is 10.2. The maximum atomic E-state index is 13.9. The highest BCUT2D eigenvalue weighted by molar-refractivity contribution is 9.10. The van der Waals surface area contributed by atoms with E-state index >= 15 is 0 Å². The van der Waals surface area contributed by atoms with Crippen molar-refractivity contribution in [1.29, 1.82) is 5.26 Å². The van der Waals surface area contributed by atoms with Crippen molar-refractivity contribution < 1.29 is 18.0 Å². The number of anilines is 1. The monoisotopic (exact) mass is 565 g/mol. The summed E-state index contributed by atoms with van der Waals surface area (Å²) in [6.07, 6.45) is -2.17. The molecule has 0 aliphatic heterocycles. The molecule has 0 saturated carbocycles. The lowest BCUT2D eigenvalue weighted by Gasteiger charge is -2.17. The summed E-state index contributed by atoms with van der Waals surface area (Å²) in [7, 11) is 0. The minimum absolute atomic E-state index is 0.0438. The Kier molecular flexibility index (Phi) is 5.74. The molecule has 174 valence electrons. The van der Waals surface area contributed by atoms with Crippen LogP contribution in [0.3, 0.4) is 0 Å². The highest BCUT2D eigenvalue weighted by atomic mass is 79.9. The summed E-state index contributed by atoms with van der Waals surface area (Å²) >= 11 is 5.83. The average Bonchev–Trinajstić information content (AvgIpc) is 3.50. The van der Waals surface area contributed by atoms with Gasteiger partial charge in [-0.15, -0.1) is 22.7 Å². The zero-order valence-electron chi connectivity index (χ0n) is 17.5. The van der Waals surface area contributed by atoms with Crippen LogP contribution < -0.4 is 5.32 Å². The Morgan fingerprint density at radius 1 is 1.41 bits per heavy atom. The Hall–Kier alpha value is -2.75.